The van der Waals surface area contributed by atoms with Gasteiger partial charge in [0, 0.05) is 48.8 Å². The summed E-state index contributed by atoms with van der Waals surface area (Å²) in [6, 6.07) is 2.44. The maximum absolute atomic E-state index is 14.9. The predicted molar refractivity (Wildman–Crippen MR) is 123 cm³/mol. The van der Waals surface area contributed by atoms with E-state index in [1.165, 1.54) is 37.0 Å². The van der Waals surface area contributed by atoms with E-state index >= 15 is 0 Å². The van der Waals surface area contributed by atoms with Crippen molar-refractivity contribution < 1.29 is 23.2 Å². The number of piperidine rings is 1. The molecule has 0 radical (unpaired) electrons. The van der Waals surface area contributed by atoms with Crippen molar-refractivity contribution in [2.24, 2.45) is 5.92 Å². The highest BCUT2D eigenvalue weighted by Gasteiger charge is 2.55. The van der Waals surface area contributed by atoms with E-state index in [2.05, 4.69) is 15.1 Å². The molecule has 2 aliphatic rings. The van der Waals surface area contributed by atoms with Gasteiger partial charge in [-0.1, -0.05) is 0 Å². The van der Waals surface area contributed by atoms with Gasteiger partial charge in [-0.05, 0) is 50.3 Å². The number of rotatable bonds is 6. The molecule has 1 aromatic carbocycles. The Bertz CT molecular complexity index is 1380. The van der Waals surface area contributed by atoms with Gasteiger partial charge >= 0.3 is 0 Å². The Kier molecular flexibility index (Phi) is 5.30. The molecule has 2 aromatic heterocycles. The van der Waals surface area contributed by atoms with Gasteiger partial charge in [-0.25, -0.2) is 18.7 Å². The standard InChI is InChI=1S/C25H25F2N5O3/c1-12(33)20-7-16-8-21(16)32(20)22(35)11-31-24-18(23(30-31)13(2)34)5-15(6-19(24)25(4,26)27)17-9-28-14(3)29-10-17/h5-6,9-10,16,20-21H,7-8,11H2,1-4H3/t16-,20-,21+/m0/s1. The van der Waals surface area contributed by atoms with Crippen LogP contribution in [0.15, 0.2) is 24.5 Å². The van der Waals surface area contributed by atoms with E-state index in [9.17, 15) is 23.2 Å². The first-order valence-electron chi connectivity index (χ1n) is 11.5. The molecule has 0 unspecified atom stereocenters. The molecule has 1 aliphatic heterocycles. The zero-order valence-corrected chi connectivity index (χ0v) is 19.9. The number of nitrogens with zero attached hydrogens (tertiary/aromatic N) is 5. The molecule has 0 N–H and O–H groups in total. The van der Waals surface area contributed by atoms with Gasteiger partial charge in [0.05, 0.1) is 11.6 Å². The molecule has 1 aliphatic carbocycles. The van der Waals surface area contributed by atoms with E-state index in [0.29, 0.717) is 29.3 Å². The highest BCUT2D eigenvalue weighted by atomic mass is 19.3. The Morgan fingerprint density at radius 1 is 1.09 bits per heavy atom. The average Bonchev–Trinajstić information content (AvgIpc) is 3.28. The molecule has 3 heterocycles. The predicted octanol–water partition coefficient (Wildman–Crippen LogP) is 3.69. The number of ketones is 2. The Balaban J connectivity index is 1.64. The lowest BCUT2D eigenvalue weighted by Crippen LogP contribution is -2.44. The van der Waals surface area contributed by atoms with Crippen molar-refractivity contribution >= 4 is 28.4 Å². The third kappa shape index (κ3) is 4.00. The molecule has 3 aromatic rings. The second-order valence-electron chi connectivity index (χ2n) is 9.62. The van der Waals surface area contributed by atoms with Gasteiger partial charge in [-0.3, -0.25) is 19.1 Å². The number of benzene rings is 1. The maximum Gasteiger partial charge on any atom is 0.272 e. The molecule has 1 saturated heterocycles. The molecular weight excluding hydrogens is 456 g/mol. The molecular formula is C25H25F2N5O3. The minimum Gasteiger partial charge on any atom is -0.328 e. The quantitative estimate of drug-likeness (QED) is 0.498. The Morgan fingerprint density at radius 3 is 2.37 bits per heavy atom. The number of carbonyl (C=O) groups excluding carboxylic acids is 3. The van der Waals surface area contributed by atoms with Crippen LogP contribution in [0.3, 0.4) is 0 Å². The fourth-order valence-corrected chi connectivity index (χ4v) is 5.12. The number of aromatic nitrogens is 4. The van der Waals surface area contributed by atoms with E-state index in [0.717, 1.165) is 13.3 Å². The summed E-state index contributed by atoms with van der Waals surface area (Å²) in [6.45, 7) is 4.91. The molecule has 2 fully saturated rings. The van der Waals surface area contributed by atoms with Gasteiger partial charge in [0.2, 0.25) is 5.91 Å². The maximum atomic E-state index is 14.9. The SMILES string of the molecule is CC(=O)c1nn(CC(=O)N2[C@@H]3C[C@@H]3C[C@H]2C(C)=O)c2c(C(C)(F)F)cc(-c3cnc(C)nc3)cc12. The molecule has 3 atom stereocenters. The van der Waals surface area contributed by atoms with Gasteiger partial charge in [0.1, 0.15) is 18.1 Å². The van der Waals surface area contributed by atoms with E-state index in [-0.39, 0.29) is 46.4 Å². The average molecular weight is 482 g/mol. The lowest BCUT2D eigenvalue weighted by molar-refractivity contribution is -0.138. The summed E-state index contributed by atoms with van der Waals surface area (Å²) in [5.74, 6) is -3.30. The van der Waals surface area contributed by atoms with Gasteiger partial charge in [0.15, 0.2) is 11.6 Å². The molecule has 8 nitrogen and oxygen atoms in total. The van der Waals surface area contributed by atoms with Gasteiger partial charge in [-0.15, -0.1) is 0 Å². The zero-order valence-electron chi connectivity index (χ0n) is 19.9. The van der Waals surface area contributed by atoms with Crippen molar-refractivity contribution in [1.29, 1.82) is 0 Å². The molecule has 1 amide bonds. The molecule has 0 spiro atoms. The number of amides is 1. The zero-order chi connectivity index (χ0) is 25.2. The number of hydrogen-bond donors (Lipinski definition) is 0. The van der Waals surface area contributed by atoms with Crippen molar-refractivity contribution in [2.75, 3.05) is 0 Å². The second-order valence-corrected chi connectivity index (χ2v) is 9.62. The molecule has 5 rings (SSSR count). The van der Waals surface area contributed by atoms with E-state index in [1.54, 1.807) is 17.9 Å². The van der Waals surface area contributed by atoms with Crippen LogP contribution in [0.4, 0.5) is 8.78 Å². The lowest BCUT2D eigenvalue weighted by Gasteiger charge is -2.26. The van der Waals surface area contributed by atoms with Crippen LogP contribution in [0.25, 0.3) is 22.0 Å². The number of halogens is 2. The van der Waals surface area contributed by atoms with Crippen LogP contribution in [-0.4, -0.2) is 54.2 Å². The minimum atomic E-state index is -3.29. The number of carbonyl (C=O) groups is 3. The first kappa shape index (κ1) is 23.2. The number of hydrogen-bond acceptors (Lipinski definition) is 6. The number of Topliss-reactive ketones (excluding diaryl/α,β-unsaturated/α-hetero) is 2. The van der Waals surface area contributed by atoms with E-state index < -0.39 is 17.7 Å². The third-order valence-corrected chi connectivity index (χ3v) is 6.91. The molecule has 182 valence electrons. The van der Waals surface area contributed by atoms with Crippen molar-refractivity contribution in [3.05, 3.63) is 41.6 Å². The third-order valence-electron chi connectivity index (χ3n) is 6.91. The fraction of sp³-hybridized carbons (Fsp3) is 0.440. The number of likely N-dealkylation sites (tertiary alicyclic amines) is 1. The van der Waals surface area contributed by atoms with Crippen molar-refractivity contribution in [1.82, 2.24) is 24.6 Å². The van der Waals surface area contributed by atoms with Crippen LogP contribution in [0.2, 0.25) is 0 Å². The highest BCUT2D eigenvalue weighted by Crippen LogP contribution is 2.48. The fourth-order valence-electron chi connectivity index (χ4n) is 5.12. The summed E-state index contributed by atoms with van der Waals surface area (Å²) in [5.41, 5.74) is 0.606. The summed E-state index contributed by atoms with van der Waals surface area (Å²) in [4.78, 5) is 47.7. The van der Waals surface area contributed by atoms with Crippen LogP contribution >= 0.6 is 0 Å². The Labute approximate surface area is 200 Å². The van der Waals surface area contributed by atoms with E-state index in [1.807, 2.05) is 0 Å². The number of alkyl halides is 2. The van der Waals surface area contributed by atoms with Crippen LogP contribution in [0.1, 0.15) is 55.5 Å². The number of fused-ring (bicyclic) bond motifs is 2. The monoisotopic (exact) mass is 481 g/mol. The lowest BCUT2D eigenvalue weighted by atomic mass is 9.97. The second kappa shape index (κ2) is 8.00. The summed E-state index contributed by atoms with van der Waals surface area (Å²) in [6.07, 6.45) is 4.53. The summed E-state index contributed by atoms with van der Waals surface area (Å²) in [5, 5.41) is 4.53. The normalized spacial score (nSPS) is 21.3. The summed E-state index contributed by atoms with van der Waals surface area (Å²) >= 11 is 0. The smallest absolute Gasteiger partial charge is 0.272 e. The van der Waals surface area contributed by atoms with Crippen LogP contribution < -0.4 is 0 Å². The van der Waals surface area contributed by atoms with Crippen LogP contribution in [0.5, 0.6) is 0 Å². The Hall–Kier alpha value is -3.56. The molecule has 35 heavy (non-hydrogen) atoms. The number of aryl methyl sites for hydroxylation is 1. The molecule has 1 saturated carbocycles. The largest absolute Gasteiger partial charge is 0.328 e. The minimum absolute atomic E-state index is 0.00187. The first-order chi connectivity index (χ1) is 16.5. The van der Waals surface area contributed by atoms with Crippen LogP contribution in [0, 0.1) is 12.8 Å². The van der Waals surface area contributed by atoms with E-state index in [4.69, 9.17) is 0 Å². The summed E-state index contributed by atoms with van der Waals surface area (Å²) in [7, 11) is 0. The first-order valence-corrected chi connectivity index (χ1v) is 11.5. The van der Waals surface area contributed by atoms with Gasteiger partial charge < -0.3 is 4.90 Å². The van der Waals surface area contributed by atoms with Crippen molar-refractivity contribution in [3.63, 3.8) is 0 Å². The van der Waals surface area contributed by atoms with Gasteiger partial charge in [0.25, 0.3) is 5.92 Å². The molecule has 10 heteroatoms. The van der Waals surface area contributed by atoms with Crippen molar-refractivity contribution in [2.45, 2.75) is 65.1 Å². The Morgan fingerprint density at radius 2 is 1.77 bits per heavy atom. The highest BCUT2D eigenvalue weighted by molar-refractivity contribution is 6.07. The topological polar surface area (TPSA) is 98.1 Å². The van der Waals surface area contributed by atoms with Gasteiger partial charge in [-0.2, -0.15) is 5.10 Å². The molecule has 0 bridgehead atoms. The van der Waals surface area contributed by atoms with Crippen LogP contribution in [-0.2, 0) is 22.1 Å². The summed E-state index contributed by atoms with van der Waals surface area (Å²) < 4.78 is 31.0. The van der Waals surface area contributed by atoms with Crippen molar-refractivity contribution in [3.8, 4) is 11.1 Å².